The summed E-state index contributed by atoms with van der Waals surface area (Å²) in [6.07, 6.45) is 2.81. The molecule has 23 heavy (non-hydrogen) atoms. The minimum absolute atomic E-state index is 0.179. The molecule has 0 amide bonds. The molecule has 4 nitrogen and oxygen atoms in total. The van der Waals surface area contributed by atoms with Crippen molar-refractivity contribution in [3.8, 4) is 0 Å². The molecule has 0 aliphatic carbocycles. The number of thiophene rings is 1. The highest BCUT2D eigenvalue weighted by Gasteiger charge is 2.31. The maximum atomic E-state index is 6.38. The SMILES string of the molecule is CSc1nc(Cl)c2sc3nc(C)c4c(c3c2n1)CC(C)(C)OC4. The Balaban J connectivity index is 2.14. The van der Waals surface area contributed by atoms with Crippen molar-refractivity contribution < 1.29 is 4.74 Å². The maximum absolute atomic E-state index is 6.38. The number of pyridine rings is 1. The first-order valence-electron chi connectivity index (χ1n) is 7.35. The molecule has 7 heteroatoms. The van der Waals surface area contributed by atoms with E-state index in [4.69, 9.17) is 26.3 Å². The third-order valence-electron chi connectivity index (χ3n) is 4.22. The van der Waals surface area contributed by atoms with Crippen LogP contribution in [0.3, 0.4) is 0 Å². The van der Waals surface area contributed by atoms with Gasteiger partial charge in [0, 0.05) is 23.1 Å². The summed E-state index contributed by atoms with van der Waals surface area (Å²) in [5.41, 5.74) is 4.27. The highest BCUT2D eigenvalue weighted by atomic mass is 35.5. The normalized spacial score (nSPS) is 16.9. The molecule has 0 fully saturated rings. The molecule has 4 rings (SSSR count). The summed E-state index contributed by atoms with van der Waals surface area (Å²) in [7, 11) is 0. The zero-order valence-corrected chi connectivity index (χ0v) is 15.7. The number of aromatic nitrogens is 3. The van der Waals surface area contributed by atoms with Gasteiger partial charge in [0.15, 0.2) is 10.3 Å². The molecule has 1 aliphatic rings. The van der Waals surface area contributed by atoms with Gasteiger partial charge < -0.3 is 4.74 Å². The highest BCUT2D eigenvalue weighted by Crippen LogP contribution is 2.42. The van der Waals surface area contributed by atoms with Gasteiger partial charge in [0.05, 0.1) is 22.4 Å². The van der Waals surface area contributed by atoms with Crippen molar-refractivity contribution in [2.24, 2.45) is 0 Å². The average Bonchev–Trinajstić information content (AvgIpc) is 2.85. The molecule has 3 aromatic heterocycles. The van der Waals surface area contributed by atoms with E-state index < -0.39 is 0 Å². The van der Waals surface area contributed by atoms with Crippen LogP contribution in [0.15, 0.2) is 5.16 Å². The van der Waals surface area contributed by atoms with Crippen LogP contribution in [0, 0.1) is 6.92 Å². The third kappa shape index (κ3) is 2.43. The van der Waals surface area contributed by atoms with Gasteiger partial charge in [0.2, 0.25) is 0 Å². The molecule has 4 heterocycles. The van der Waals surface area contributed by atoms with Crippen molar-refractivity contribution in [3.05, 3.63) is 22.0 Å². The number of hydrogen-bond donors (Lipinski definition) is 0. The first-order valence-corrected chi connectivity index (χ1v) is 9.77. The summed E-state index contributed by atoms with van der Waals surface area (Å²) in [4.78, 5) is 14.8. The van der Waals surface area contributed by atoms with Crippen LogP contribution in [0.4, 0.5) is 0 Å². The number of fused-ring (bicyclic) bond motifs is 5. The molecule has 0 spiro atoms. The van der Waals surface area contributed by atoms with Crippen molar-refractivity contribution in [2.75, 3.05) is 6.26 Å². The monoisotopic (exact) mass is 365 g/mol. The first-order chi connectivity index (χ1) is 10.9. The lowest BCUT2D eigenvalue weighted by atomic mass is 9.89. The van der Waals surface area contributed by atoms with Crippen LogP contribution in [0.5, 0.6) is 0 Å². The van der Waals surface area contributed by atoms with Crippen molar-refractivity contribution in [1.82, 2.24) is 15.0 Å². The van der Waals surface area contributed by atoms with Crippen LogP contribution in [0.2, 0.25) is 5.15 Å². The molecule has 0 aromatic carbocycles. The number of halogens is 1. The number of aryl methyl sites for hydroxylation is 1. The van der Waals surface area contributed by atoms with Gasteiger partial charge in [-0.3, -0.25) is 0 Å². The smallest absolute Gasteiger partial charge is 0.189 e. The Morgan fingerprint density at radius 3 is 2.74 bits per heavy atom. The largest absolute Gasteiger partial charge is 0.370 e. The van der Waals surface area contributed by atoms with E-state index in [2.05, 4.69) is 18.8 Å². The molecule has 3 aromatic rings. The number of thioether (sulfide) groups is 1. The molecule has 0 saturated carbocycles. The Kier molecular flexibility index (Phi) is 3.57. The van der Waals surface area contributed by atoms with Crippen LogP contribution in [0.1, 0.15) is 30.7 Å². The zero-order chi connectivity index (χ0) is 16.4. The molecular formula is C16H16ClN3OS2. The Morgan fingerprint density at radius 1 is 1.22 bits per heavy atom. The van der Waals surface area contributed by atoms with E-state index in [-0.39, 0.29) is 5.60 Å². The van der Waals surface area contributed by atoms with Gasteiger partial charge in [-0.2, -0.15) is 0 Å². The number of hydrogen-bond acceptors (Lipinski definition) is 6. The Hall–Kier alpha value is -0.950. The number of nitrogens with zero attached hydrogens (tertiary/aromatic N) is 3. The predicted octanol–water partition coefficient (Wildman–Crippen LogP) is 4.77. The van der Waals surface area contributed by atoms with E-state index >= 15 is 0 Å². The predicted molar refractivity (Wildman–Crippen MR) is 96.8 cm³/mol. The standard InChI is InChI=1S/C16H16ClN3OS2/c1-7-9-6-21-16(2,3)5-8(9)10-11-12(23-14(10)18-7)13(17)20-15(19-11)22-4/h5-6H2,1-4H3. The summed E-state index contributed by atoms with van der Waals surface area (Å²) in [6.45, 7) is 6.90. The van der Waals surface area contributed by atoms with Crippen LogP contribution < -0.4 is 0 Å². The van der Waals surface area contributed by atoms with E-state index in [1.807, 2.05) is 13.2 Å². The molecule has 0 N–H and O–H groups in total. The second-order valence-corrected chi connectivity index (χ2v) is 8.47. The fraction of sp³-hybridized carbons (Fsp3) is 0.438. The second kappa shape index (κ2) is 5.28. The minimum atomic E-state index is -0.179. The molecule has 0 radical (unpaired) electrons. The molecule has 0 atom stereocenters. The van der Waals surface area contributed by atoms with E-state index in [1.54, 1.807) is 11.3 Å². The summed E-state index contributed by atoms with van der Waals surface area (Å²) < 4.78 is 6.90. The Morgan fingerprint density at radius 2 is 2.00 bits per heavy atom. The lowest BCUT2D eigenvalue weighted by Gasteiger charge is -2.32. The number of rotatable bonds is 1. The average molecular weight is 366 g/mol. The van der Waals surface area contributed by atoms with Crippen LogP contribution in [-0.2, 0) is 17.8 Å². The molecule has 0 saturated heterocycles. The quantitative estimate of drug-likeness (QED) is 0.353. The van der Waals surface area contributed by atoms with Gasteiger partial charge in [0.1, 0.15) is 4.83 Å². The van der Waals surface area contributed by atoms with E-state index in [0.29, 0.717) is 16.9 Å². The highest BCUT2D eigenvalue weighted by molar-refractivity contribution is 7.98. The van der Waals surface area contributed by atoms with Gasteiger partial charge in [-0.1, -0.05) is 23.4 Å². The van der Waals surface area contributed by atoms with E-state index in [9.17, 15) is 0 Å². The van der Waals surface area contributed by atoms with E-state index in [1.165, 1.54) is 22.9 Å². The fourth-order valence-corrected chi connectivity index (χ4v) is 4.85. The van der Waals surface area contributed by atoms with E-state index in [0.717, 1.165) is 32.5 Å². The molecular weight excluding hydrogens is 350 g/mol. The first kappa shape index (κ1) is 15.6. The summed E-state index contributed by atoms with van der Waals surface area (Å²) in [5, 5.41) is 2.34. The second-order valence-electron chi connectivity index (χ2n) is 6.34. The van der Waals surface area contributed by atoms with Gasteiger partial charge in [0.25, 0.3) is 0 Å². The van der Waals surface area contributed by atoms with Crippen molar-refractivity contribution in [1.29, 1.82) is 0 Å². The van der Waals surface area contributed by atoms with Gasteiger partial charge in [-0.05, 0) is 32.6 Å². The van der Waals surface area contributed by atoms with Gasteiger partial charge >= 0.3 is 0 Å². The van der Waals surface area contributed by atoms with Crippen molar-refractivity contribution in [2.45, 2.75) is 44.6 Å². The van der Waals surface area contributed by atoms with Gasteiger partial charge in [-0.25, -0.2) is 15.0 Å². The summed E-state index contributed by atoms with van der Waals surface area (Å²) >= 11 is 9.46. The van der Waals surface area contributed by atoms with Crippen LogP contribution in [0.25, 0.3) is 20.4 Å². The topological polar surface area (TPSA) is 47.9 Å². The van der Waals surface area contributed by atoms with Crippen LogP contribution >= 0.6 is 34.7 Å². The third-order valence-corrected chi connectivity index (χ3v) is 6.23. The molecule has 120 valence electrons. The zero-order valence-electron chi connectivity index (χ0n) is 13.4. The Bertz CT molecular complexity index is 952. The molecule has 0 bridgehead atoms. The fourth-order valence-electron chi connectivity index (χ4n) is 3.07. The minimum Gasteiger partial charge on any atom is -0.370 e. The van der Waals surface area contributed by atoms with Crippen molar-refractivity contribution >= 4 is 55.1 Å². The number of ether oxygens (including phenoxy) is 1. The maximum Gasteiger partial charge on any atom is 0.189 e. The summed E-state index contributed by atoms with van der Waals surface area (Å²) in [6, 6.07) is 0. The summed E-state index contributed by atoms with van der Waals surface area (Å²) in [5.74, 6) is 0. The van der Waals surface area contributed by atoms with Gasteiger partial charge in [-0.15, -0.1) is 11.3 Å². The molecule has 1 aliphatic heterocycles. The van der Waals surface area contributed by atoms with Crippen LogP contribution in [-0.4, -0.2) is 26.8 Å². The lowest BCUT2D eigenvalue weighted by molar-refractivity contribution is -0.0400. The Labute approximate surface area is 147 Å². The van der Waals surface area contributed by atoms with Crippen molar-refractivity contribution in [3.63, 3.8) is 0 Å². The lowest BCUT2D eigenvalue weighted by Crippen LogP contribution is -2.32. The molecule has 0 unspecified atom stereocenters.